The van der Waals surface area contributed by atoms with E-state index in [9.17, 15) is 9.59 Å². The third kappa shape index (κ3) is 5.45. The maximum Gasteiger partial charge on any atom is 0.223 e. The number of likely N-dealkylation sites (tertiary alicyclic amines) is 1. The smallest absolute Gasteiger partial charge is 0.223 e. The molecule has 3 nitrogen and oxygen atoms in total. The van der Waals surface area contributed by atoms with Crippen LogP contribution in [0.1, 0.15) is 63.2 Å². The summed E-state index contributed by atoms with van der Waals surface area (Å²) in [7, 11) is 0. The molecule has 1 aliphatic heterocycles. The lowest BCUT2D eigenvalue weighted by atomic mass is 9.87. The highest BCUT2D eigenvalue weighted by Crippen LogP contribution is 2.30. The molecule has 0 radical (unpaired) electrons. The van der Waals surface area contributed by atoms with Crippen molar-refractivity contribution >= 4 is 27.6 Å². The number of benzene rings is 1. The summed E-state index contributed by atoms with van der Waals surface area (Å²) in [6.07, 6.45) is 3.80. The van der Waals surface area contributed by atoms with Crippen LogP contribution in [0, 0.1) is 5.41 Å². The fraction of sp³-hybridized carbons (Fsp3) is 0.579. The highest BCUT2D eigenvalue weighted by atomic mass is 79.9. The quantitative estimate of drug-likeness (QED) is 0.686. The van der Waals surface area contributed by atoms with E-state index in [-0.39, 0.29) is 17.1 Å². The van der Waals surface area contributed by atoms with Gasteiger partial charge in [-0.15, -0.1) is 0 Å². The second-order valence-corrected chi connectivity index (χ2v) is 8.49. The maximum atomic E-state index is 12.5. The Hall–Kier alpha value is -1.16. The highest BCUT2D eigenvalue weighted by molar-refractivity contribution is 9.10. The first kappa shape index (κ1) is 18.2. The van der Waals surface area contributed by atoms with Gasteiger partial charge in [-0.2, -0.15) is 0 Å². The van der Waals surface area contributed by atoms with Gasteiger partial charge in [-0.1, -0.05) is 48.8 Å². The van der Waals surface area contributed by atoms with Gasteiger partial charge >= 0.3 is 0 Å². The van der Waals surface area contributed by atoms with Crippen LogP contribution in [0.5, 0.6) is 0 Å². The molecule has 2 rings (SSSR count). The minimum atomic E-state index is 0.0393. The van der Waals surface area contributed by atoms with Crippen LogP contribution in [-0.2, 0) is 4.79 Å². The molecule has 1 amide bonds. The molecule has 1 aromatic rings. The Balaban J connectivity index is 1.88. The van der Waals surface area contributed by atoms with Crippen LogP contribution < -0.4 is 0 Å². The Bertz CT molecular complexity index is 560. The van der Waals surface area contributed by atoms with Crippen LogP contribution in [0.4, 0.5) is 0 Å². The Kier molecular flexibility index (Phi) is 6.01. The van der Waals surface area contributed by atoms with Crippen molar-refractivity contribution in [2.75, 3.05) is 6.54 Å². The molecule has 0 spiro atoms. The average Bonchev–Trinajstić information content (AvgIpc) is 2.91. The van der Waals surface area contributed by atoms with Gasteiger partial charge in [-0.25, -0.2) is 0 Å². The molecule has 1 aromatic carbocycles. The predicted octanol–water partition coefficient (Wildman–Crippen LogP) is 4.84. The van der Waals surface area contributed by atoms with Gasteiger partial charge in [0.2, 0.25) is 5.91 Å². The molecule has 0 N–H and O–H groups in total. The predicted molar refractivity (Wildman–Crippen MR) is 96.5 cm³/mol. The Morgan fingerprint density at radius 2 is 1.83 bits per heavy atom. The minimum Gasteiger partial charge on any atom is -0.340 e. The SMILES string of the molecule is CC(C)(C)CC1CCCN1C(=O)CCC(=O)c1ccc(Br)cc1. The highest BCUT2D eigenvalue weighted by Gasteiger charge is 2.31. The molecule has 0 aromatic heterocycles. The monoisotopic (exact) mass is 379 g/mol. The van der Waals surface area contributed by atoms with Crippen LogP contribution in [0.25, 0.3) is 0 Å². The molecule has 23 heavy (non-hydrogen) atoms. The summed E-state index contributed by atoms with van der Waals surface area (Å²) in [5.41, 5.74) is 0.898. The number of ketones is 1. The number of rotatable bonds is 5. The largest absolute Gasteiger partial charge is 0.340 e. The zero-order valence-corrected chi connectivity index (χ0v) is 15.9. The zero-order chi connectivity index (χ0) is 17.0. The van der Waals surface area contributed by atoms with Crippen molar-refractivity contribution in [2.45, 2.75) is 58.9 Å². The molecular weight excluding hydrogens is 354 g/mol. The molecule has 1 aliphatic rings. The number of nitrogens with zero attached hydrogens (tertiary/aromatic N) is 1. The number of amides is 1. The van der Waals surface area contributed by atoms with E-state index < -0.39 is 0 Å². The van der Waals surface area contributed by atoms with Crippen LogP contribution in [-0.4, -0.2) is 29.2 Å². The zero-order valence-electron chi connectivity index (χ0n) is 14.3. The van der Waals surface area contributed by atoms with Crippen LogP contribution in [0.3, 0.4) is 0 Å². The van der Waals surface area contributed by atoms with Gasteiger partial charge in [0.05, 0.1) is 0 Å². The number of hydrogen-bond donors (Lipinski definition) is 0. The number of halogens is 1. The average molecular weight is 380 g/mol. The molecule has 1 heterocycles. The van der Waals surface area contributed by atoms with Gasteiger partial charge in [0.1, 0.15) is 0 Å². The molecule has 126 valence electrons. The van der Waals surface area contributed by atoms with E-state index in [0.717, 1.165) is 30.3 Å². The fourth-order valence-corrected chi connectivity index (χ4v) is 3.49. The number of hydrogen-bond acceptors (Lipinski definition) is 2. The van der Waals surface area contributed by atoms with Gasteiger partial charge in [-0.3, -0.25) is 9.59 Å². The minimum absolute atomic E-state index is 0.0393. The Morgan fingerprint density at radius 3 is 2.43 bits per heavy atom. The topological polar surface area (TPSA) is 37.4 Å². The molecule has 0 aliphatic carbocycles. The van der Waals surface area contributed by atoms with Crippen molar-refractivity contribution in [1.82, 2.24) is 4.90 Å². The Morgan fingerprint density at radius 1 is 1.17 bits per heavy atom. The first-order valence-corrected chi connectivity index (χ1v) is 9.14. The summed E-state index contributed by atoms with van der Waals surface area (Å²) in [6.45, 7) is 7.48. The van der Waals surface area contributed by atoms with Crippen molar-refractivity contribution in [3.8, 4) is 0 Å². The fourth-order valence-electron chi connectivity index (χ4n) is 3.23. The number of Topliss-reactive ketones (excluding diaryl/α,β-unsaturated/α-hetero) is 1. The summed E-state index contributed by atoms with van der Waals surface area (Å²) >= 11 is 3.36. The summed E-state index contributed by atoms with van der Waals surface area (Å²) in [4.78, 5) is 26.7. The third-order valence-electron chi connectivity index (χ3n) is 4.28. The molecular formula is C19H26BrNO2. The second kappa shape index (κ2) is 7.61. The standard InChI is InChI=1S/C19H26BrNO2/c1-19(2,3)13-16-5-4-12-21(16)18(23)11-10-17(22)14-6-8-15(20)9-7-14/h6-9,16H,4-5,10-13H2,1-3H3. The maximum absolute atomic E-state index is 12.5. The molecule has 4 heteroatoms. The van der Waals surface area contributed by atoms with Gasteiger partial charge in [-0.05, 0) is 36.8 Å². The van der Waals surface area contributed by atoms with Crippen molar-refractivity contribution < 1.29 is 9.59 Å². The van der Waals surface area contributed by atoms with E-state index in [1.54, 1.807) is 12.1 Å². The number of carbonyl (C=O) groups excluding carboxylic acids is 2. The lowest BCUT2D eigenvalue weighted by molar-refractivity contribution is -0.132. The van der Waals surface area contributed by atoms with E-state index in [0.29, 0.717) is 24.4 Å². The second-order valence-electron chi connectivity index (χ2n) is 7.58. The molecule has 1 atom stereocenters. The summed E-state index contributed by atoms with van der Waals surface area (Å²) < 4.78 is 0.951. The number of carbonyl (C=O) groups is 2. The molecule has 1 fully saturated rings. The van der Waals surface area contributed by atoms with E-state index in [1.165, 1.54) is 0 Å². The van der Waals surface area contributed by atoms with Gasteiger partial charge in [0.25, 0.3) is 0 Å². The molecule has 0 bridgehead atoms. The van der Waals surface area contributed by atoms with E-state index >= 15 is 0 Å². The van der Waals surface area contributed by atoms with Gasteiger partial charge < -0.3 is 4.90 Å². The van der Waals surface area contributed by atoms with Crippen molar-refractivity contribution in [3.63, 3.8) is 0 Å². The molecule has 0 saturated carbocycles. The Labute approximate surface area is 147 Å². The van der Waals surface area contributed by atoms with E-state index in [2.05, 4.69) is 36.7 Å². The lowest BCUT2D eigenvalue weighted by Crippen LogP contribution is -2.37. The van der Waals surface area contributed by atoms with E-state index in [4.69, 9.17) is 0 Å². The van der Waals surface area contributed by atoms with Crippen molar-refractivity contribution in [3.05, 3.63) is 34.3 Å². The van der Waals surface area contributed by atoms with Gasteiger partial charge in [0.15, 0.2) is 5.78 Å². The summed E-state index contributed by atoms with van der Waals surface area (Å²) in [6, 6.07) is 7.65. The third-order valence-corrected chi connectivity index (χ3v) is 4.81. The molecule has 1 saturated heterocycles. The van der Waals surface area contributed by atoms with Crippen LogP contribution in [0.15, 0.2) is 28.7 Å². The lowest BCUT2D eigenvalue weighted by Gasteiger charge is -2.30. The first-order chi connectivity index (χ1) is 10.8. The first-order valence-electron chi connectivity index (χ1n) is 8.34. The molecule has 1 unspecified atom stereocenters. The van der Waals surface area contributed by atoms with E-state index in [1.807, 2.05) is 17.0 Å². The van der Waals surface area contributed by atoms with Crippen LogP contribution >= 0.6 is 15.9 Å². The van der Waals surface area contributed by atoms with Crippen molar-refractivity contribution in [2.24, 2.45) is 5.41 Å². The summed E-state index contributed by atoms with van der Waals surface area (Å²) in [5.74, 6) is 0.166. The van der Waals surface area contributed by atoms with Gasteiger partial charge in [0, 0.05) is 35.5 Å². The van der Waals surface area contributed by atoms with Crippen LogP contribution in [0.2, 0.25) is 0 Å². The normalized spacial score (nSPS) is 18.3. The van der Waals surface area contributed by atoms with Crippen molar-refractivity contribution in [1.29, 1.82) is 0 Å². The summed E-state index contributed by atoms with van der Waals surface area (Å²) in [5, 5.41) is 0.